The van der Waals surface area contributed by atoms with Gasteiger partial charge in [-0.15, -0.1) is 0 Å². The fourth-order valence-electron chi connectivity index (χ4n) is 2.58. The summed E-state index contributed by atoms with van der Waals surface area (Å²) in [6.07, 6.45) is 1.33. The summed E-state index contributed by atoms with van der Waals surface area (Å²) in [5.74, 6) is -0.743. The lowest BCUT2D eigenvalue weighted by Crippen LogP contribution is -2.37. The predicted octanol–water partition coefficient (Wildman–Crippen LogP) is 1.45. The van der Waals surface area contributed by atoms with Crippen LogP contribution in [0.1, 0.15) is 10.4 Å². The van der Waals surface area contributed by atoms with E-state index < -0.39 is 22.1 Å². The third-order valence-electron chi connectivity index (χ3n) is 3.99. The fraction of sp³-hybridized carbons (Fsp3) is 0.125. The Labute approximate surface area is 155 Å². The number of rotatable bonds is 3. The van der Waals surface area contributed by atoms with E-state index in [0.717, 1.165) is 10.6 Å². The van der Waals surface area contributed by atoms with E-state index >= 15 is 0 Å². The fourth-order valence-corrected chi connectivity index (χ4v) is 2.78. The van der Waals surface area contributed by atoms with Crippen molar-refractivity contribution in [1.82, 2.24) is 14.1 Å². The molecule has 27 heavy (non-hydrogen) atoms. The number of aryl methyl sites for hydroxylation is 1. The maximum absolute atomic E-state index is 12.6. The van der Waals surface area contributed by atoms with E-state index in [9.17, 15) is 24.5 Å². The van der Waals surface area contributed by atoms with Crippen molar-refractivity contribution in [1.29, 1.82) is 0 Å². The molecule has 0 aliphatic heterocycles. The van der Waals surface area contributed by atoms with Crippen LogP contribution < -0.4 is 16.6 Å². The average molecular weight is 390 g/mol. The highest BCUT2D eigenvalue weighted by molar-refractivity contribution is 6.34. The minimum absolute atomic E-state index is 0.0109. The van der Waals surface area contributed by atoms with Gasteiger partial charge in [0.1, 0.15) is 5.39 Å². The molecule has 2 aromatic heterocycles. The van der Waals surface area contributed by atoms with E-state index in [4.69, 9.17) is 11.6 Å². The smallest absolute Gasteiger partial charge is 0.321 e. The third-order valence-corrected chi connectivity index (χ3v) is 4.32. The van der Waals surface area contributed by atoms with Crippen molar-refractivity contribution in [2.75, 3.05) is 5.32 Å². The SMILES string of the molecule is Cn1c(=O)c2c(NC(=O)c3cc([N+](=O)[O-])ccc3Cl)ccnc2n(C)c1=O. The second-order valence-electron chi connectivity index (χ2n) is 5.64. The second-order valence-corrected chi connectivity index (χ2v) is 6.05. The van der Waals surface area contributed by atoms with Gasteiger partial charge in [-0.25, -0.2) is 9.78 Å². The van der Waals surface area contributed by atoms with E-state index in [1.54, 1.807) is 0 Å². The van der Waals surface area contributed by atoms with Crippen LogP contribution in [-0.4, -0.2) is 24.9 Å². The van der Waals surface area contributed by atoms with Crippen LogP contribution in [0.2, 0.25) is 5.02 Å². The first-order chi connectivity index (χ1) is 12.7. The minimum atomic E-state index is -0.743. The zero-order valence-electron chi connectivity index (χ0n) is 14.1. The molecule has 1 amide bonds. The lowest BCUT2D eigenvalue weighted by Gasteiger charge is -2.11. The van der Waals surface area contributed by atoms with E-state index in [-0.39, 0.29) is 33.0 Å². The largest absolute Gasteiger partial charge is 0.332 e. The molecule has 0 atom stereocenters. The Morgan fingerprint density at radius 2 is 1.93 bits per heavy atom. The van der Waals surface area contributed by atoms with Crippen molar-refractivity contribution in [3.8, 4) is 0 Å². The molecule has 138 valence electrons. The standard InChI is InChI=1S/C16H12ClN5O5/c1-20-13-12(15(24)21(2)16(20)25)11(5-6-18-13)19-14(23)9-7-8(22(26)27)3-4-10(9)17/h3-7H,1-2H3,(H,18,19,23). The van der Waals surface area contributed by atoms with Gasteiger partial charge in [-0.2, -0.15) is 0 Å². The number of halogens is 1. The summed E-state index contributed by atoms with van der Waals surface area (Å²) in [4.78, 5) is 51.4. The van der Waals surface area contributed by atoms with Crippen LogP contribution in [0.4, 0.5) is 11.4 Å². The first-order valence-corrected chi connectivity index (χ1v) is 7.90. The molecule has 1 N–H and O–H groups in total. The number of nitrogens with one attached hydrogen (secondary N) is 1. The number of amides is 1. The Morgan fingerprint density at radius 3 is 2.59 bits per heavy atom. The van der Waals surface area contributed by atoms with E-state index in [2.05, 4.69) is 10.3 Å². The molecule has 0 spiro atoms. The molecule has 0 aliphatic carbocycles. The number of hydrogen-bond donors (Lipinski definition) is 1. The summed E-state index contributed by atoms with van der Waals surface area (Å²) < 4.78 is 2.06. The van der Waals surface area contributed by atoms with E-state index in [1.807, 2.05) is 0 Å². The van der Waals surface area contributed by atoms with Gasteiger partial charge < -0.3 is 5.32 Å². The molecular weight excluding hydrogens is 378 g/mol. The summed E-state index contributed by atoms with van der Waals surface area (Å²) in [5.41, 5.74) is -1.44. The van der Waals surface area contributed by atoms with Crippen molar-refractivity contribution in [3.05, 3.63) is 72.0 Å². The normalized spacial score (nSPS) is 10.8. The van der Waals surface area contributed by atoms with Crippen molar-refractivity contribution in [3.63, 3.8) is 0 Å². The highest BCUT2D eigenvalue weighted by atomic mass is 35.5. The highest BCUT2D eigenvalue weighted by Gasteiger charge is 2.19. The number of anilines is 1. The zero-order valence-corrected chi connectivity index (χ0v) is 14.9. The molecule has 0 radical (unpaired) electrons. The summed E-state index contributed by atoms with van der Waals surface area (Å²) in [6, 6.07) is 4.83. The topological polar surface area (TPSA) is 129 Å². The lowest BCUT2D eigenvalue weighted by molar-refractivity contribution is -0.384. The molecular formula is C16H12ClN5O5. The van der Waals surface area contributed by atoms with Crippen molar-refractivity contribution in [2.24, 2.45) is 14.1 Å². The number of aromatic nitrogens is 3. The average Bonchev–Trinajstić information content (AvgIpc) is 2.64. The van der Waals surface area contributed by atoms with E-state index in [1.165, 1.54) is 43.1 Å². The summed E-state index contributed by atoms with van der Waals surface area (Å²) >= 11 is 5.98. The minimum Gasteiger partial charge on any atom is -0.321 e. The molecule has 0 bridgehead atoms. The number of carbonyl (C=O) groups excluding carboxylic acids is 1. The summed E-state index contributed by atoms with van der Waals surface area (Å²) in [6.45, 7) is 0. The van der Waals surface area contributed by atoms with Gasteiger partial charge in [-0.05, 0) is 12.1 Å². The first-order valence-electron chi connectivity index (χ1n) is 7.52. The van der Waals surface area contributed by atoms with Crippen molar-refractivity contribution >= 4 is 39.9 Å². The highest BCUT2D eigenvalue weighted by Crippen LogP contribution is 2.24. The van der Waals surface area contributed by atoms with Gasteiger partial charge in [-0.3, -0.25) is 28.8 Å². The van der Waals surface area contributed by atoms with Crippen LogP contribution in [0.3, 0.4) is 0 Å². The van der Waals surface area contributed by atoms with Gasteiger partial charge in [-0.1, -0.05) is 11.6 Å². The summed E-state index contributed by atoms with van der Waals surface area (Å²) in [7, 11) is 2.75. The number of non-ortho nitro benzene ring substituents is 1. The van der Waals surface area contributed by atoms with Gasteiger partial charge in [0.25, 0.3) is 17.2 Å². The van der Waals surface area contributed by atoms with Gasteiger partial charge in [0.05, 0.1) is 21.2 Å². The molecule has 2 heterocycles. The molecule has 0 saturated heterocycles. The third kappa shape index (κ3) is 3.06. The second kappa shape index (κ2) is 6.65. The number of pyridine rings is 1. The molecule has 11 heteroatoms. The number of nitrogens with zero attached hydrogens (tertiary/aromatic N) is 4. The number of benzene rings is 1. The van der Waals surface area contributed by atoms with Gasteiger partial charge >= 0.3 is 5.69 Å². The molecule has 0 aliphatic rings. The van der Waals surface area contributed by atoms with Gasteiger partial charge in [0.2, 0.25) is 0 Å². The molecule has 0 saturated carbocycles. The summed E-state index contributed by atoms with van der Waals surface area (Å²) in [5, 5.41) is 13.5. The quantitative estimate of drug-likeness (QED) is 0.533. The Hall–Kier alpha value is -3.53. The van der Waals surface area contributed by atoms with Crippen LogP contribution in [-0.2, 0) is 14.1 Å². The maximum Gasteiger partial charge on any atom is 0.332 e. The lowest BCUT2D eigenvalue weighted by atomic mass is 10.1. The zero-order chi connectivity index (χ0) is 19.9. The molecule has 1 aromatic carbocycles. The number of hydrogen-bond acceptors (Lipinski definition) is 6. The number of nitro groups is 1. The first kappa shape index (κ1) is 18.3. The Balaban J connectivity index is 2.15. The monoisotopic (exact) mass is 389 g/mol. The van der Waals surface area contributed by atoms with Gasteiger partial charge in [0, 0.05) is 32.4 Å². The molecule has 0 fully saturated rings. The Kier molecular flexibility index (Phi) is 4.50. The molecule has 10 nitrogen and oxygen atoms in total. The maximum atomic E-state index is 12.6. The van der Waals surface area contributed by atoms with Crippen LogP contribution in [0, 0.1) is 10.1 Å². The number of carbonyl (C=O) groups is 1. The number of nitro benzene ring substituents is 1. The van der Waals surface area contributed by atoms with Crippen molar-refractivity contribution in [2.45, 2.75) is 0 Å². The molecule has 3 aromatic rings. The van der Waals surface area contributed by atoms with Crippen LogP contribution in [0.25, 0.3) is 11.0 Å². The molecule has 0 unspecified atom stereocenters. The number of fused-ring (bicyclic) bond motifs is 1. The predicted molar refractivity (Wildman–Crippen MR) is 98.3 cm³/mol. The van der Waals surface area contributed by atoms with Gasteiger partial charge in [0.15, 0.2) is 5.65 Å². The van der Waals surface area contributed by atoms with Crippen LogP contribution in [0.15, 0.2) is 40.1 Å². The van der Waals surface area contributed by atoms with E-state index in [0.29, 0.717) is 0 Å². The Morgan fingerprint density at radius 1 is 1.22 bits per heavy atom. The molecule has 3 rings (SSSR count). The van der Waals surface area contributed by atoms with Crippen molar-refractivity contribution < 1.29 is 9.72 Å². The van der Waals surface area contributed by atoms with Crippen LogP contribution >= 0.6 is 11.6 Å². The Bertz CT molecular complexity index is 1230. The van der Waals surface area contributed by atoms with Crippen LogP contribution in [0.5, 0.6) is 0 Å².